The van der Waals surface area contributed by atoms with Crippen LogP contribution in [-0.4, -0.2) is 39.4 Å². The first-order valence-electron chi connectivity index (χ1n) is 9.68. The van der Waals surface area contributed by atoms with E-state index in [-0.39, 0.29) is 6.54 Å². The van der Waals surface area contributed by atoms with Crippen LogP contribution in [0.4, 0.5) is 4.79 Å². The summed E-state index contributed by atoms with van der Waals surface area (Å²) in [6, 6.07) is 21.4. The lowest BCUT2D eigenvalue weighted by molar-refractivity contribution is -0.143. The molecule has 0 saturated carbocycles. The number of fused-ring (bicyclic) bond motifs is 1. The highest BCUT2D eigenvalue weighted by Crippen LogP contribution is 2.38. The molecule has 4 rings (SSSR count). The molecule has 3 aromatic rings. The van der Waals surface area contributed by atoms with Gasteiger partial charge >= 0.3 is 12.0 Å². The van der Waals surface area contributed by atoms with Crippen LogP contribution in [0.15, 0.2) is 66.7 Å². The number of imide groups is 1. The lowest BCUT2D eigenvalue weighted by atomic mass is 9.89. The summed E-state index contributed by atoms with van der Waals surface area (Å²) < 4.78 is 0. The number of aliphatic carboxylic acids is 1. The minimum atomic E-state index is -1.40. The van der Waals surface area contributed by atoms with Gasteiger partial charge in [0.15, 0.2) is 0 Å². The van der Waals surface area contributed by atoms with E-state index in [4.69, 9.17) is 5.26 Å². The fraction of sp³-hybridized carbons (Fsp3) is 0.167. The highest BCUT2D eigenvalue weighted by atomic mass is 16.4. The molecule has 0 bridgehead atoms. The summed E-state index contributed by atoms with van der Waals surface area (Å²) in [5, 5.41) is 20.3. The number of hydrogen-bond donors (Lipinski definition) is 1. The monoisotopic (exact) mass is 413 g/mol. The zero-order valence-corrected chi connectivity index (χ0v) is 16.8. The summed E-state index contributed by atoms with van der Waals surface area (Å²) in [7, 11) is 0. The average molecular weight is 413 g/mol. The molecule has 1 fully saturated rings. The van der Waals surface area contributed by atoms with Gasteiger partial charge in [0.1, 0.15) is 12.1 Å². The van der Waals surface area contributed by atoms with Crippen LogP contribution in [0.25, 0.3) is 10.8 Å². The number of carbonyl (C=O) groups excluding carboxylic acids is 2. The average Bonchev–Trinajstić information content (AvgIpc) is 2.95. The second-order valence-electron chi connectivity index (χ2n) is 7.60. The van der Waals surface area contributed by atoms with Crippen molar-refractivity contribution in [1.82, 2.24) is 9.80 Å². The number of urea groups is 1. The third-order valence-corrected chi connectivity index (χ3v) is 5.69. The number of amides is 3. The van der Waals surface area contributed by atoms with Crippen molar-refractivity contribution in [1.29, 1.82) is 5.26 Å². The van der Waals surface area contributed by atoms with Gasteiger partial charge in [-0.3, -0.25) is 14.5 Å². The predicted molar refractivity (Wildman–Crippen MR) is 113 cm³/mol. The fourth-order valence-corrected chi connectivity index (χ4v) is 3.97. The van der Waals surface area contributed by atoms with Gasteiger partial charge in [0, 0.05) is 6.54 Å². The molecule has 3 aromatic carbocycles. The zero-order chi connectivity index (χ0) is 22.2. The Balaban J connectivity index is 1.78. The molecule has 1 saturated heterocycles. The third-order valence-electron chi connectivity index (χ3n) is 5.69. The Labute approximate surface area is 178 Å². The van der Waals surface area contributed by atoms with Crippen molar-refractivity contribution in [3.05, 3.63) is 83.4 Å². The van der Waals surface area contributed by atoms with Gasteiger partial charge in [-0.25, -0.2) is 4.79 Å². The van der Waals surface area contributed by atoms with Gasteiger partial charge in [-0.15, -0.1) is 0 Å². The van der Waals surface area contributed by atoms with Crippen LogP contribution in [0.3, 0.4) is 0 Å². The summed E-state index contributed by atoms with van der Waals surface area (Å²) in [5.74, 6) is -1.87. The van der Waals surface area contributed by atoms with Gasteiger partial charge in [-0.2, -0.15) is 5.26 Å². The minimum Gasteiger partial charge on any atom is -0.480 e. The molecule has 1 N–H and O–H groups in total. The van der Waals surface area contributed by atoms with E-state index in [0.717, 1.165) is 21.2 Å². The van der Waals surface area contributed by atoms with Gasteiger partial charge in [-0.1, -0.05) is 48.5 Å². The maximum absolute atomic E-state index is 13.3. The van der Waals surface area contributed by atoms with E-state index in [2.05, 4.69) is 0 Å². The lowest BCUT2D eigenvalue weighted by Gasteiger charge is -2.32. The van der Waals surface area contributed by atoms with Crippen LogP contribution in [0.5, 0.6) is 0 Å². The van der Waals surface area contributed by atoms with Gasteiger partial charge in [0.25, 0.3) is 5.91 Å². The maximum atomic E-state index is 13.3. The SMILES string of the molecule is C[C@]1(c2ccc(C#N)cc2)C(=O)N(CC(=O)O)C(=O)N1Cc1ccc2ccccc2c1. The van der Waals surface area contributed by atoms with E-state index in [0.29, 0.717) is 11.1 Å². The number of nitrogens with zero attached hydrogens (tertiary/aromatic N) is 3. The molecule has 31 heavy (non-hydrogen) atoms. The van der Waals surface area contributed by atoms with Crippen molar-refractivity contribution < 1.29 is 19.5 Å². The topological polar surface area (TPSA) is 102 Å². The van der Waals surface area contributed by atoms with Crippen LogP contribution in [0.1, 0.15) is 23.6 Å². The number of rotatable bonds is 5. The predicted octanol–water partition coefficient (Wildman–Crippen LogP) is 3.48. The van der Waals surface area contributed by atoms with Crippen LogP contribution in [0, 0.1) is 11.3 Å². The molecule has 1 atom stereocenters. The summed E-state index contributed by atoms with van der Waals surface area (Å²) >= 11 is 0. The maximum Gasteiger partial charge on any atom is 0.328 e. The van der Waals surface area contributed by atoms with Crippen molar-refractivity contribution in [3.8, 4) is 6.07 Å². The van der Waals surface area contributed by atoms with Crippen molar-refractivity contribution >= 4 is 28.7 Å². The Morgan fingerprint density at radius 1 is 1.03 bits per heavy atom. The van der Waals surface area contributed by atoms with E-state index in [1.165, 1.54) is 4.90 Å². The van der Waals surface area contributed by atoms with Crippen LogP contribution < -0.4 is 0 Å². The van der Waals surface area contributed by atoms with Crippen LogP contribution in [-0.2, 0) is 21.7 Å². The molecule has 1 heterocycles. The molecule has 1 aliphatic rings. The molecule has 154 valence electrons. The van der Waals surface area contributed by atoms with Crippen LogP contribution >= 0.6 is 0 Å². The quantitative estimate of drug-likeness (QED) is 0.646. The molecule has 0 unspecified atom stereocenters. The number of nitriles is 1. The van der Waals surface area contributed by atoms with Gasteiger partial charge in [0.2, 0.25) is 0 Å². The van der Waals surface area contributed by atoms with Crippen molar-refractivity contribution in [2.24, 2.45) is 0 Å². The molecule has 7 nitrogen and oxygen atoms in total. The summed E-state index contributed by atoms with van der Waals surface area (Å²) in [4.78, 5) is 39.9. The standard InChI is InChI=1S/C24H19N3O4/c1-24(20-10-7-16(13-25)8-11-20)22(30)26(15-21(28)29)23(31)27(24)14-17-6-9-18-4-2-3-5-19(18)12-17/h2-12H,14-15H2,1H3,(H,28,29)/t24-/m0/s1. The number of carbonyl (C=O) groups is 3. The van der Waals surface area contributed by atoms with Crippen molar-refractivity contribution in [3.63, 3.8) is 0 Å². The Hall–Kier alpha value is -4.18. The second kappa shape index (κ2) is 7.58. The Kier molecular flexibility index (Phi) is 4.91. The molecular formula is C24H19N3O4. The van der Waals surface area contributed by atoms with E-state index in [1.54, 1.807) is 31.2 Å². The molecule has 0 aromatic heterocycles. The molecule has 0 spiro atoms. The molecule has 0 radical (unpaired) electrons. The highest BCUT2D eigenvalue weighted by Gasteiger charge is 2.55. The Morgan fingerprint density at radius 3 is 2.35 bits per heavy atom. The first-order chi connectivity index (χ1) is 14.8. The van der Waals surface area contributed by atoms with Crippen molar-refractivity contribution in [2.75, 3.05) is 6.54 Å². The zero-order valence-electron chi connectivity index (χ0n) is 16.8. The largest absolute Gasteiger partial charge is 0.480 e. The van der Waals surface area contributed by atoms with Gasteiger partial charge in [0.05, 0.1) is 11.6 Å². The van der Waals surface area contributed by atoms with E-state index in [1.807, 2.05) is 48.5 Å². The van der Waals surface area contributed by atoms with Gasteiger partial charge < -0.3 is 10.0 Å². The van der Waals surface area contributed by atoms with Gasteiger partial charge in [-0.05, 0) is 47.0 Å². The Morgan fingerprint density at radius 2 is 1.71 bits per heavy atom. The summed E-state index contributed by atoms with van der Waals surface area (Å²) in [6.45, 7) is 1.03. The Bertz CT molecular complexity index is 1250. The second-order valence-corrected chi connectivity index (χ2v) is 7.60. The molecular weight excluding hydrogens is 394 g/mol. The fourth-order valence-electron chi connectivity index (χ4n) is 3.97. The minimum absolute atomic E-state index is 0.127. The van der Waals surface area contributed by atoms with E-state index < -0.39 is 30.0 Å². The first kappa shape index (κ1) is 20.1. The smallest absolute Gasteiger partial charge is 0.328 e. The number of carboxylic acids is 1. The molecule has 7 heteroatoms. The normalized spacial score (nSPS) is 18.5. The number of hydrogen-bond acceptors (Lipinski definition) is 4. The number of carboxylic acid groups (broad SMARTS) is 1. The summed E-state index contributed by atoms with van der Waals surface area (Å²) in [5.41, 5.74) is 0.356. The van der Waals surface area contributed by atoms with E-state index in [9.17, 15) is 19.5 Å². The first-order valence-corrected chi connectivity index (χ1v) is 9.68. The molecule has 3 amide bonds. The summed E-state index contributed by atoms with van der Waals surface area (Å²) in [6.07, 6.45) is 0. The third kappa shape index (κ3) is 3.38. The number of benzene rings is 3. The molecule has 0 aliphatic carbocycles. The lowest BCUT2D eigenvalue weighted by Crippen LogP contribution is -2.44. The van der Waals surface area contributed by atoms with Crippen LogP contribution in [0.2, 0.25) is 0 Å². The molecule has 1 aliphatic heterocycles. The van der Waals surface area contributed by atoms with E-state index >= 15 is 0 Å². The highest BCUT2D eigenvalue weighted by molar-refractivity contribution is 6.08. The van der Waals surface area contributed by atoms with Crippen molar-refractivity contribution in [2.45, 2.75) is 19.0 Å².